The van der Waals surface area contributed by atoms with Crippen LogP contribution in [0.25, 0.3) is 11.1 Å². The molecule has 2 unspecified atom stereocenters. The number of rotatable bonds is 10. The van der Waals surface area contributed by atoms with Gasteiger partial charge in [0.1, 0.15) is 6.61 Å². The van der Waals surface area contributed by atoms with Gasteiger partial charge in [-0.3, -0.25) is 9.59 Å². The van der Waals surface area contributed by atoms with E-state index in [4.69, 9.17) is 9.84 Å². The Labute approximate surface area is 194 Å². The number of hydrogen-bond acceptors (Lipinski definition) is 4. The summed E-state index contributed by atoms with van der Waals surface area (Å²) in [7, 11) is 0. The first-order chi connectivity index (χ1) is 15.8. The summed E-state index contributed by atoms with van der Waals surface area (Å²) in [6.45, 7) is 6.22. The fraction of sp³-hybridized carbons (Fsp3) is 0.423. The molecule has 2 atom stereocenters. The van der Waals surface area contributed by atoms with Gasteiger partial charge in [0, 0.05) is 25.4 Å². The highest BCUT2D eigenvalue weighted by Crippen LogP contribution is 2.44. The summed E-state index contributed by atoms with van der Waals surface area (Å²) in [6.07, 6.45) is -0.570. The summed E-state index contributed by atoms with van der Waals surface area (Å²) >= 11 is 0. The van der Waals surface area contributed by atoms with Crippen LogP contribution in [0.4, 0.5) is 4.79 Å². The molecule has 0 bridgehead atoms. The van der Waals surface area contributed by atoms with Crippen LogP contribution < -0.4 is 10.6 Å². The van der Waals surface area contributed by atoms with Crippen molar-refractivity contribution in [2.24, 2.45) is 17.8 Å². The van der Waals surface area contributed by atoms with Crippen LogP contribution in [0.5, 0.6) is 0 Å². The van der Waals surface area contributed by atoms with E-state index in [2.05, 4.69) is 34.9 Å². The average Bonchev–Trinajstić information content (AvgIpc) is 3.09. The summed E-state index contributed by atoms with van der Waals surface area (Å²) in [5.74, 6) is -1.75. The number of aliphatic carboxylic acids is 1. The number of carbonyl (C=O) groups excluding carboxylic acids is 2. The van der Waals surface area contributed by atoms with Gasteiger partial charge in [-0.1, -0.05) is 69.3 Å². The van der Waals surface area contributed by atoms with Crippen LogP contribution in [0, 0.1) is 17.8 Å². The normalized spacial score (nSPS) is 14.2. The van der Waals surface area contributed by atoms with Crippen molar-refractivity contribution in [1.82, 2.24) is 10.6 Å². The van der Waals surface area contributed by atoms with E-state index in [1.165, 1.54) is 0 Å². The predicted molar refractivity (Wildman–Crippen MR) is 126 cm³/mol. The van der Waals surface area contributed by atoms with Gasteiger partial charge >= 0.3 is 12.1 Å². The van der Waals surface area contributed by atoms with Crippen LogP contribution in [-0.4, -0.2) is 42.8 Å². The van der Waals surface area contributed by atoms with Crippen molar-refractivity contribution in [2.45, 2.75) is 33.1 Å². The lowest BCUT2D eigenvalue weighted by molar-refractivity contribution is -0.138. The van der Waals surface area contributed by atoms with Crippen molar-refractivity contribution < 1.29 is 24.2 Å². The van der Waals surface area contributed by atoms with Gasteiger partial charge < -0.3 is 20.5 Å². The molecule has 0 heterocycles. The zero-order chi connectivity index (χ0) is 24.0. The molecule has 176 valence electrons. The molecule has 7 nitrogen and oxygen atoms in total. The lowest BCUT2D eigenvalue weighted by Gasteiger charge is -2.22. The number of carbonyl (C=O) groups is 3. The standard InChI is InChI=1S/C26H32N2O5/c1-16(2)22(25(31)27-13-17(3)12-24(29)30)14-28-26(32)33-15-23-20-10-6-4-8-18(20)19-9-5-7-11-21(19)23/h4-11,16-17,22-23H,12-15H2,1-3H3,(H,27,31)(H,28,32)(H,29,30). The quantitative estimate of drug-likeness (QED) is 0.505. The zero-order valence-electron chi connectivity index (χ0n) is 19.3. The molecule has 0 saturated heterocycles. The monoisotopic (exact) mass is 452 g/mol. The minimum Gasteiger partial charge on any atom is -0.481 e. The topological polar surface area (TPSA) is 105 Å². The SMILES string of the molecule is CC(CNC(=O)C(CNC(=O)OCC1c2ccccc2-c2ccccc21)C(C)C)CC(=O)O. The molecule has 0 aliphatic heterocycles. The largest absolute Gasteiger partial charge is 0.481 e. The maximum Gasteiger partial charge on any atom is 0.407 e. The number of amides is 2. The molecular formula is C26H32N2O5. The second-order valence-corrected chi connectivity index (χ2v) is 9.01. The Bertz CT molecular complexity index is 958. The van der Waals surface area contributed by atoms with Crippen LogP contribution >= 0.6 is 0 Å². The molecule has 0 saturated carbocycles. The number of hydrogen-bond donors (Lipinski definition) is 3. The Balaban J connectivity index is 1.53. The first-order valence-corrected chi connectivity index (χ1v) is 11.4. The maximum atomic E-state index is 12.6. The summed E-state index contributed by atoms with van der Waals surface area (Å²) < 4.78 is 5.54. The highest BCUT2D eigenvalue weighted by atomic mass is 16.5. The van der Waals surface area contributed by atoms with Gasteiger partial charge in [-0.05, 0) is 34.1 Å². The highest BCUT2D eigenvalue weighted by molar-refractivity contribution is 5.80. The Morgan fingerprint density at radius 3 is 2.03 bits per heavy atom. The number of alkyl carbamates (subject to hydrolysis) is 1. The lowest BCUT2D eigenvalue weighted by Crippen LogP contribution is -2.42. The van der Waals surface area contributed by atoms with Gasteiger partial charge in [-0.25, -0.2) is 4.79 Å². The first-order valence-electron chi connectivity index (χ1n) is 11.4. The summed E-state index contributed by atoms with van der Waals surface area (Å²) in [4.78, 5) is 35.8. The van der Waals surface area contributed by atoms with Crippen molar-refractivity contribution in [3.63, 3.8) is 0 Å². The molecule has 1 aliphatic rings. The van der Waals surface area contributed by atoms with Gasteiger partial charge in [-0.15, -0.1) is 0 Å². The number of carboxylic acids is 1. The number of benzene rings is 2. The third-order valence-electron chi connectivity index (χ3n) is 6.10. The van der Waals surface area contributed by atoms with E-state index in [9.17, 15) is 14.4 Å². The van der Waals surface area contributed by atoms with E-state index in [0.717, 1.165) is 22.3 Å². The predicted octanol–water partition coefficient (Wildman–Crippen LogP) is 4.02. The summed E-state index contributed by atoms with van der Waals surface area (Å²) in [6, 6.07) is 16.3. The second-order valence-electron chi connectivity index (χ2n) is 9.01. The molecule has 0 fully saturated rings. The first kappa shape index (κ1) is 24.3. The van der Waals surface area contributed by atoms with E-state index in [0.29, 0.717) is 0 Å². The van der Waals surface area contributed by atoms with Crippen molar-refractivity contribution in [1.29, 1.82) is 0 Å². The number of carboxylic acid groups (broad SMARTS) is 1. The van der Waals surface area contributed by atoms with Gasteiger partial charge in [0.05, 0.1) is 5.92 Å². The third-order valence-corrected chi connectivity index (χ3v) is 6.10. The number of fused-ring (bicyclic) bond motifs is 3. The van der Waals surface area contributed by atoms with Gasteiger partial charge in [0.25, 0.3) is 0 Å². The lowest BCUT2D eigenvalue weighted by atomic mass is 9.94. The number of nitrogens with one attached hydrogen (secondary N) is 2. The molecule has 0 aromatic heterocycles. The molecule has 0 spiro atoms. The zero-order valence-corrected chi connectivity index (χ0v) is 19.3. The average molecular weight is 453 g/mol. The Morgan fingerprint density at radius 2 is 1.48 bits per heavy atom. The third kappa shape index (κ3) is 6.12. The Morgan fingerprint density at radius 1 is 0.909 bits per heavy atom. The smallest absolute Gasteiger partial charge is 0.407 e. The van der Waals surface area contributed by atoms with E-state index in [-0.39, 0.29) is 49.8 Å². The molecule has 2 aromatic rings. The van der Waals surface area contributed by atoms with E-state index in [1.807, 2.05) is 38.1 Å². The molecule has 2 amide bonds. The van der Waals surface area contributed by atoms with Crippen molar-refractivity contribution >= 4 is 18.0 Å². The van der Waals surface area contributed by atoms with Crippen molar-refractivity contribution in [3.05, 3.63) is 59.7 Å². The molecule has 2 aromatic carbocycles. The highest BCUT2D eigenvalue weighted by Gasteiger charge is 2.29. The maximum absolute atomic E-state index is 12.6. The molecule has 33 heavy (non-hydrogen) atoms. The molecule has 3 rings (SSSR count). The van der Waals surface area contributed by atoms with E-state index in [1.54, 1.807) is 6.92 Å². The fourth-order valence-electron chi connectivity index (χ4n) is 4.25. The Hall–Kier alpha value is -3.35. The summed E-state index contributed by atoms with van der Waals surface area (Å²) in [5, 5.41) is 14.4. The Kier molecular flexibility index (Phi) is 8.09. The molecule has 1 aliphatic carbocycles. The van der Waals surface area contributed by atoms with Gasteiger partial charge in [-0.2, -0.15) is 0 Å². The fourth-order valence-corrected chi connectivity index (χ4v) is 4.25. The van der Waals surface area contributed by atoms with Crippen LogP contribution in [0.1, 0.15) is 44.2 Å². The minimum absolute atomic E-state index is 0.00586. The second kappa shape index (κ2) is 11.0. The molecule has 3 N–H and O–H groups in total. The molecule has 7 heteroatoms. The van der Waals surface area contributed by atoms with Crippen LogP contribution in [-0.2, 0) is 14.3 Å². The van der Waals surface area contributed by atoms with E-state index < -0.39 is 18.0 Å². The molecular weight excluding hydrogens is 420 g/mol. The van der Waals surface area contributed by atoms with Gasteiger partial charge in [0.2, 0.25) is 5.91 Å². The van der Waals surface area contributed by atoms with Crippen LogP contribution in [0.15, 0.2) is 48.5 Å². The minimum atomic E-state index is -0.894. The van der Waals surface area contributed by atoms with Gasteiger partial charge in [0.15, 0.2) is 0 Å². The van der Waals surface area contributed by atoms with E-state index >= 15 is 0 Å². The van der Waals surface area contributed by atoms with Crippen LogP contribution in [0.3, 0.4) is 0 Å². The molecule has 0 radical (unpaired) electrons. The summed E-state index contributed by atoms with van der Waals surface area (Å²) in [5.41, 5.74) is 4.61. The van der Waals surface area contributed by atoms with Crippen LogP contribution in [0.2, 0.25) is 0 Å². The van der Waals surface area contributed by atoms with Crippen molar-refractivity contribution in [2.75, 3.05) is 19.7 Å². The number of ether oxygens (including phenoxy) is 1. The van der Waals surface area contributed by atoms with Crippen molar-refractivity contribution in [3.8, 4) is 11.1 Å².